The Morgan fingerprint density at radius 3 is 2.94 bits per heavy atom. The SMILES string of the molecule is Clc1ccc(NC2CCN3CCCCC23)nn1. The van der Waals surface area contributed by atoms with Gasteiger partial charge in [0.25, 0.3) is 0 Å². The lowest BCUT2D eigenvalue weighted by Gasteiger charge is -2.32. The van der Waals surface area contributed by atoms with Crippen LogP contribution in [0.4, 0.5) is 5.82 Å². The van der Waals surface area contributed by atoms with Gasteiger partial charge >= 0.3 is 0 Å². The molecule has 1 N–H and O–H groups in total. The number of piperidine rings is 1. The second-order valence-corrected chi connectivity index (χ2v) is 5.27. The Hall–Kier alpha value is -0.870. The first kappa shape index (κ1) is 11.2. The summed E-state index contributed by atoms with van der Waals surface area (Å²) in [7, 11) is 0. The van der Waals surface area contributed by atoms with Crippen LogP contribution < -0.4 is 5.32 Å². The number of aromatic nitrogens is 2. The van der Waals surface area contributed by atoms with Gasteiger partial charge in [-0.1, -0.05) is 18.0 Å². The van der Waals surface area contributed by atoms with E-state index in [1.807, 2.05) is 6.07 Å². The number of rotatable bonds is 2. The molecule has 3 rings (SSSR count). The summed E-state index contributed by atoms with van der Waals surface area (Å²) in [5.74, 6) is 0.840. The molecule has 0 aliphatic carbocycles. The minimum atomic E-state index is 0.446. The van der Waals surface area contributed by atoms with Gasteiger partial charge in [0.2, 0.25) is 0 Å². The highest BCUT2D eigenvalue weighted by Gasteiger charge is 2.35. The molecule has 92 valence electrons. The average Bonchev–Trinajstić information content (AvgIpc) is 2.76. The maximum atomic E-state index is 5.73. The molecule has 0 amide bonds. The topological polar surface area (TPSA) is 41.0 Å². The smallest absolute Gasteiger partial charge is 0.151 e. The Morgan fingerprint density at radius 1 is 1.18 bits per heavy atom. The quantitative estimate of drug-likeness (QED) is 0.876. The van der Waals surface area contributed by atoms with Crippen molar-refractivity contribution in [3.8, 4) is 0 Å². The predicted molar refractivity (Wildman–Crippen MR) is 68.3 cm³/mol. The number of fused-ring (bicyclic) bond motifs is 1. The van der Waals surface area contributed by atoms with E-state index in [4.69, 9.17) is 11.6 Å². The molecule has 1 aromatic heterocycles. The lowest BCUT2D eigenvalue weighted by atomic mass is 9.99. The molecule has 2 unspecified atom stereocenters. The zero-order chi connectivity index (χ0) is 11.7. The number of hydrogen-bond acceptors (Lipinski definition) is 4. The Balaban J connectivity index is 1.67. The van der Waals surface area contributed by atoms with Gasteiger partial charge in [-0.15, -0.1) is 10.2 Å². The van der Waals surface area contributed by atoms with Crippen LogP contribution in [0.3, 0.4) is 0 Å². The normalized spacial score (nSPS) is 29.0. The standard InChI is InChI=1S/C12H17ClN4/c13-11-4-5-12(16-15-11)14-9-6-8-17-7-2-1-3-10(9)17/h4-5,9-10H,1-3,6-8H2,(H,14,16). The minimum absolute atomic E-state index is 0.446. The Morgan fingerprint density at radius 2 is 2.12 bits per heavy atom. The summed E-state index contributed by atoms with van der Waals surface area (Å²) in [5.41, 5.74) is 0. The van der Waals surface area contributed by atoms with E-state index in [0.717, 1.165) is 5.82 Å². The van der Waals surface area contributed by atoms with E-state index < -0.39 is 0 Å². The maximum absolute atomic E-state index is 5.73. The molecule has 0 bridgehead atoms. The van der Waals surface area contributed by atoms with Gasteiger partial charge in [-0.05, 0) is 37.9 Å². The largest absolute Gasteiger partial charge is 0.364 e. The van der Waals surface area contributed by atoms with Crippen LogP contribution >= 0.6 is 11.6 Å². The fourth-order valence-electron chi connectivity index (χ4n) is 3.00. The van der Waals surface area contributed by atoms with Crippen molar-refractivity contribution >= 4 is 17.4 Å². The second-order valence-electron chi connectivity index (χ2n) is 4.88. The van der Waals surface area contributed by atoms with E-state index in [2.05, 4.69) is 20.4 Å². The van der Waals surface area contributed by atoms with Gasteiger partial charge in [0.05, 0.1) is 0 Å². The summed E-state index contributed by atoms with van der Waals surface area (Å²) in [6.45, 7) is 2.47. The van der Waals surface area contributed by atoms with Crippen molar-refractivity contribution in [3.05, 3.63) is 17.3 Å². The Bertz CT molecular complexity index is 381. The van der Waals surface area contributed by atoms with Crippen LogP contribution in [0, 0.1) is 0 Å². The van der Waals surface area contributed by atoms with Crippen molar-refractivity contribution in [1.29, 1.82) is 0 Å². The minimum Gasteiger partial charge on any atom is -0.364 e. The highest BCUT2D eigenvalue weighted by atomic mass is 35.5. The van der Waals surface area contributed by atoms with Crippen LogP contribution in [0.25, 0.3) is 0 Å². The summed E-state index contributed by atoms with van der Waals surface area (Å²) in [6, 6.07) is 4.89. The summed E-state index contributed by atoms with van der Waals surface area (Å²) in [6.07, 6.45) is 5.21. The van der Waals surface area contributed by atoms with Crippen LogP contribution in [-0.2, 0) is 0 Å². The molecule has 4 nitrogen and oxygen atoms in total. The molecule has 0 aromatic carbocycles. The molecule has 2 saturated heterocycles. The van der Waals surface area contributed by atoms with Crippen molar-refractivity contribution in [2.24, 2.45) is 0 Å². The van der Waals surface area contributed by atoms with Gasteiger partial charge < -0.3 is 5.32 Å². The molecule has 2 aliphatic rings. The predicted octanol–water partition coefficient (Wildman–Crippen LogP) is 2.17. The number of halogens is 1. The van der Waals surface area contributed by atoms with Crippen LogP contribution in [0.2, 0.25) is 5.15 Å². The van der Waals surface area contributed by atoms with Gasteiger partial charge in [0.1, 0.15) is 5.82 Å². The van der Waals surface area contributed by atoms with Crippen molar-refractivity contribution < 1.29 is 0 Å². The highest BCUT2D eigenvalue weighted by Crippen LogP contribution is 2.28. The number of nitrogens with one attached hydrogen (secondary N) is 1. The van der Waals surface area contributed by atoms with Gasteiger partial charge in [0.15, 0.2) is 5.15 Å². The molecule has 0 spiro atoms. The molecular weight excluding hydrogens is 236 g/mol. The highest BCUT2D eigenvalue weighted by molar-refractivity contribution is 6.29. The molecule has 5 heteroatoms. The van der Waals surface area contributed by atoms with E-state index in [-0.39, 0.29) is 0 Å². The first-order chi connectivity index (χ1) is 8.33. The Labute approximate surface area is 106 Å². The van der Waals surface area contributed by atoms with Gasteiger partial charge in [-0.25, -0.2) is 0 Å². The molecule has 2 aliphatic heterocycles. The van der Waals surface area contributed by atoms with E-state index >= 15 is 0 Å². The van der Waals surface area contributed by atoms with Crippen molar-refractivity contribution in [2.45, 2.75) is 37.8 Å². The van der Waals surface area contributed by atoms with E-state index in [9.17, 15) is 0 Å². The van der Waals surface area contributed by atoms with Crippen LogP contribution in [0.5, 0.6) is 0 Å². The number of nitrogens with zero attached hydrogens (tertiary/aromatic N) is 3. The van der Waals surface area contributed by atoms with Crippen LogP contribution in [0.15, 0.2) is 12.1 Å². The first-order valence-corrected chi connectivity index (χ1v) is 6.70. The van der Waals surface area contributed by atoms with E-state index in [1.165, 1.54) is 38.8 Å². The summed E-state index contributed by atoms with van der Waals surface area (Å²) < 4.78 is 0. The maximum Gasteiger partial charge on any atom is 0.151 e. The average molecular weight is 253 g/mol. The summed E-state index contributed by atoms with van der Waals surface area (Å²) in [5, 5.41) is 11.9. The molecule has 3 heterocycles. The van der Waals surface area contributed by atoms with Crippen molar-refractivity contribution in [1.82, 2.24) is 15.1 Å². The summed E-state index contributed by atoms with van der Waals surface area (Å²) in [4.78, 5) is 2.60. The lowest BCUT2D eigenvalue weighted by Crippen LogP contribution is -2.41. The van der Waals surface area contributed by atoms with Crippen LogP contribution in [0.1, 0.15) is 25.7 Å². The summed E-state index contributed by atoms with van der Waals surface area (Å²) >= 11 is 5.73. The van der Waals surface area contributed by atoms with E-state index in [1.54, 1.807) is 6.07 Å². The third-order valence-electron chi connectivity index (χ3n) is 3.82. The van der Waals surface area contributed by atoms with Gasteiger partial charge in [-0.2, -0.15) is 0 Å². The fraction of sp³-hybridized carbons (Fsp3) is 0.667. The zero-order valence-electron chi connectivity index (χ0n) is 9.77. The zero-order valence-corrected chi connectivity index (χ0v) is 10.5. The number of anilines is 1. The first-order valence-electron chi connectivity index (χ1n) is 6.33. The molecular formula is C12H17ClN4. The van der Waals surface area contributed by atoms with Crippen LogP contribution in [-0.4, -0.2) is 40.3 Å². The lowest BCUT2D eigenvalue weighted by molar-refractivity contribution is 0.192. The molecule has 2 fully saturated rings. The van der Waals surface area contributed by atoms with Crippen molar-refractivity contribution in [2.75, 3.05) is 18.4 Å². The molecule has 0 radical (unpaired) electrons. The molecule has 0 saturated carbocycles. The van der Waals surface area contributed by atoms with Gasteiger partial charge in [0, 0.05) is 18.6 Å². The Kier molecular flexibility index (Phi) is 3.16. The third-order valence-corrected chi connectivity index (χ3v) is 4.02. The van der Waals surface area contributed by atoms with E-state index in [0.29, 0.717) is 17.2 Å². The fourth-order valence-corrected chi connectivity index (χ4v) is 3.10. The molecule has 2 atom stereocenters. The van der Waals surface area contributed by atoms with Gasteiger partial charge in [-0.3, -0.25) is 4.90 Å². The second kappa shape index (κ2) is 4.78. The molecule has 17 heavy (non-hydrogen) atoms. The monoisotopic (exact) mass is 252 g/mol. The third kappa shape index (κ3) is 2.38. The van der Waals surface area contributed by atoms with Crippen molar-refractivity contribution in [3.63, 3.8) is 0 Å². The molecule has 1 aromatic rings. The number of hydrogen-bond donors (Lipinski definition) is 1.